The van der Waals surface area contributed by atoms with Gasteiger partial charge < -0.3 is 25.5 Å². The standard InChI is InChI=1S/C14H15N4O5/c19-13(17-14(20)16-8-12-5-2-6-23-12)9-15-10-3-1-4-11(7-10)18(21)22/h1-7,15,21H,8-9H2,(H2,16,17,19,20)/q-1. The fourth-order valence-electron chi connectivity index (χ4n) is 1.71. The highest BCUT2D eigenvalue weighted by Crippen LogP contribution is 2.17. The fraction of sp³-hybridized carbons (Fsp3) is 0.143. The molecule has 3 amide bonds. The van der Waals surface area contributed by atoms with Crippen LogP contribution in [0.3, 0.4) is 0 Å². The molecule has 0 radical (unpaired) electrons. The zero-order chi connectivity index (χ0) is 16.7. The van der Waals surface area contributed by atoms with Gasteiger partial charge in [-0.3, -0.25) is 15.3 Å². The second-order valence-corrected chi connectivity index (χ2v) is 4.49. The van der Waals surface area contributed by atoms with E-state index in [2.05, 4.69) is 16.0 Å². The summed E-state index contributed by atoms with van der Waals surface area (Å²) in [6, 6.07) is 8.63. The Hall–Kier alpha value is -3.04. The third-order valence-corrected chi connectivity index (χ3v) is 2.78. The largest absolute Gasteiger partial charge is 0.733 e. The van der Waals surface area contributed by atoms with E-state index in [1.54, 1.807) is 18.2 Å². The van der Waals surface area contributed by atoms with Gasteiger partial charge in [-0.05, 0) is 30.3 Å². The molecule has 0 atom stereocenters. The van der Waals surface area contributed by atoms with Crippen molar-refractivity contribution in [3.8, 4) is 0 Å². The lowest BCUT2D eigenvalue weighted by Gasteiger charge is -2.22. The van der Waals surface area contributed by atoms with Gasteiger partial charge in [-0.25, -0.2) is 4.79 Å². The first kappa shape index (κ1) is 16.3. The van der Waals surface area contributed by atoms with Crippen molar-refractivity contribution in [3.05, 3.63) is 53.6 Å². The summed E-state index contributed by atoms with van der Waals surface area (Å²) in [5.74, 6) is 0.00374. The molecule has 0 spiro atoms. The van der Waals surface area contributed by atoms with Gasteiger partial charge in [-0.2, -0.15) is 0 Å². The average Bonchev–Trinajstić information content (AvgIpc) is 3.04. The first-order valence-corrected chi connectivity index (χ1v) is 6.65. The fourth-order valence-corrected chi connectivity index (χ4v) is 1.71. The van der Waals surface area contributed by atoms with Crippen LogP contribution in [0.15, 0.2) is 47.1 Å². The molecule has 0 saturated heterocycles. The quantitative estimate of drug-likeness (QED) is 0.592. The van der Waals surface area contributed by atoms with Gasteiger partial charge in [0.15, 0.2) is 0 Å². The van der Waals surface area contributed by atoms with Gasteiger partial charge in [0.25, 0.3) is 0 Å². The van der Waals surface area contributed by atoms with Gasteiger partial charge in [0.2, 0.25) is 5.91 Å². The van der Waals surface area contributed by atoms with Crippen molar-refractivity contribution >= 4 is 23.3 Å². The van der Waals surface area contributed by atoms with Gasteiger partial charge in [-0.1, -0.05) is 6.07 Å². The predicted octanol–water partition coefficient (Wildman–Crippen LogP) is 1.41. The summed E-state index contributed by atoms with van der Waals surface area (Å²) in [6.45, 7) is -0.0146. The van der Waals surface area contributed by atoms with Crippen molar-refractivity contribution in [2.75, 3.05) is 17.1 Å². The van der Waals surface area contributed by atoms with E-state index in [0.29, 0.717) is 11.4 Å². The van der Waals surface area contributed by atoms with Crippen LogP contribution in [0.4, 0.5) is 16.2 Å². The van der Waals surface area contributed by atoms with E-state index in [4.69, 9.17) is 9.62 Å². The second kappa shape index (κ2) is 7.82. The lowest BCUT2D eigenvalue weighted by atomic mass is 10.3. The van der Waals surface area contributed by atoms with Crippen LogP contribution >= 0.6 is 0 Å². The van der Waals surface area contributed by atoms with E-state index in [1.807, 2.05) is 0 Å². The molecule has 23 heavy (non-hydrogen) atoms. The van der Waals surface area contributed by atoms with Crippen LogP contribution in [0.25, 0.3) is 0 Å². The molecule has 0 unspecified atom stereocenters. The number of anilines is 2. The molecule has 0 saturated carbocycles. The minimum absolute atomic E-state index is 0.0200. The van der Waals surface area contributed by atoms with Crippen LogP contribution in [0.1, 0.15) is 5.76 Å². The smallest absolute Gasteiger partial charge is 0.321 e. The third kappa shape index (κ3) is 5.34. The van der Waals surface area contributed by atoms with Crippen LogP contribution in [-0.2, 0) is 11.3 Å². The molecule has 2 rings (SSSR count). The van der Waals surface area contributed by atoms with Crippen LogP contribution in [-0.4, -0.2) is 23.7 Å². The minimum Gasteiger partial charge on any atom is -0.733 e. The first-order valence-electron chi connectivity index (χ1n) is 6.65. The summed E-state index contributed by atoms with van der Waals surface area (Å²) in [7, 11) is 0. The Kier molecular flexibility index (Phi) is 5.56. The Morgan fingerprint density at radius 3 is 2.78 bits per heavy atom. The second-order valence-electron chi connectivity index (χ2n) is 4.49. The van der Waals surface area contributed by atoms with Crippen molar-refractivity contribution in [3.63, 3.8) is 0 Å². The number of furan rings is 1. The molecule has 122 valence electrons. The van der Waals surface area contributed by atoms with E-state index >= 15 is 0 Å². The number of hydrogen-bond donors (Lipinski definition) is 4. The summed E-state index contributed by atoms with van der Waals surface area (Å²) >= 11 is 0. The number of amides is 3. The number of nitrogens with zero attached hydrogens (tertiary/aromatic N) is 1. The lowest BCUT2D eigenvalue weighted by Crippen LogP contribution is -2.41. The van der Waals surface area contributed by atoms with E-state index in [9.17, 15) is 14.8 Å². The summed E-state index contributed by atoms with van der Waals surface area (Å²) in [4.78, 5) is 23.1. The monoisotopic (exact) mass is 319 g/mol. The molecule has 0 aliphatic carbocycles. The Morgan fingerprint density at radius 2 is 2.09 bits per heavy atom. The first-order chi connectivity index (χ1) is 11.0. The van der Waals surface area contributed by atoms with Gasteiger partial charge in [0, 0.05) is 5.69 Å². The topological polar surface area (TPSA) is 130 Å². The van der Waals surface area contributed by atoms with Crippen molar-refractivity contribution in [2.45, 2.75) is 6.54 Å². The minimum atomic E-state index is -0.650. The van der Waals surface area contributed by atoms with Crippen LogP contribution in [0.5, 0.6) is 0 Å². The molecule has 2 aromatic rings. The van der Waals surface area contributed by atoms with Crippen molar-refractivity contribution in [1.82, 2.24) is 10.6 Å². The maximum absolute atomic E-state index is 11.6. The van der Waals surface area contributed by atoms with Crippen LogP contribution < -0.4 is 21.2 Å². The number of hydrogen-bond acceptors (Lipinski definition) is 7. The molecule has 1 aromatic heterocycles. The molecule has 9 heteroatoms. The Morgan fingerprint density at radius 1 is 1.26 bits per heavy atom. The molecular weight excluding hydrogens is 304 g/mol. The molecule has 0 aliphatic rings. The molecular formula is C14H15N4O5-. The average molecular weight is 319 g/mol. The number of imide groups is 1. The van der Waals surface area contributed by atoms with E-state index in [-0.39, 0.29) is 24.0 Å². The maximum atomic E-state index is 11.6. The normalized spacial score (nSPS) is 10.0. The lowest BCUT2D eigenvalue weighted by molar-refractivity contribution is -0.118. The summed E-state index contributed by atoms with van der Waals surface area (Å²) in [5.41, 5.74) is 0.468. The summed E-state index contributed by atoms with van der Waals surface area (Å²) in [5, 5.41) is 26.6. The number of carbonyl (C=O) groups is 2. The van der Waals surface area contributed by atoms with Gasteiger partial charge in [-0.15, -0.1) is 0 Å². The van der Waals surface area contributed by atoms with E-state index in [0.717, 1.165) is 0 Å². The molecule has 0 bridgehead atoms. The maximum Gasteiger partial charge on any atom is 0.321 e. The number of rotatable bonds is 6. The third-order valence-electron chi connectivity index (χ3n) is 2.78. The predicted molar refractivity (Wildman–Crippen MR) is 81.7 cm³/mol. The Balaban J connectivity index is 1.74. The Bertz CT molecular complexity index is 657. The van der Waals surface area contributed by atoms with Crippen LogP contribution in [0, 0.1) is 5.21 Å². The van der Waals surface area contributed by atoms with Gasteiger partial charge >= 0.3 is 6.03 Å². The SMILES string of the molecule is O=C(CNc1cccc(N([O-])O)c1)NC(=O)NCc1ccco1. The molecule has 1 aromatic carbocycles. The number of nitrogens with one attached hydrogen (secondary N) is 3. The van der Waals surface area contributed by atoms with Crippen molar-refractivity contribution in [1.29, 1.82) is 0 Å². The van der Waals surface area contributed by atoms with Crippen molar-refractivity contribution in [2.24, 2.45) is 0 Å². The molecule has 0 aliphatic heterocycles. The highest BCUT2D eigenvalue weighted by atomic mass is 16.8. The highest BCUT2D eigenvalue weighted by molar-refractivity contribution is 5.96. The van der Waals surface area contributed by atoms with E-state index < -0.39 is 11.9 Å². The number of carbonyl (C=O) groups excluding carboxylic acids is 2. The molecule has 9 nitrogen and oxygen atoms in total. The number of urea groups is 1. The molecule has 4 N–H and O–H groups in total. The van der Waals surface area contributed by atoms with Gasteiger partial charge in [0.1, 0.15) is 5.76 Å². The summed E-state index contributed by atoms with van der Waals surface area (Å²) < 4.78 is 5.04. The number of benzene rings is 1. The van der Waals surface area contributed by atoms with E-state index in [1.165, 1.54) is 24.5 Å². The summed E-state index contributed by atoms with van der Waals surface area (Å²) in [6.07, 6.45) is 1.48. The Labute approximate surface area is 131 Å². The molecule has 1 heterocycles. The molecule has 0 fully saturated rings. The highest BCUT2D eigenvalue weighted by Gasteiger charge is 2.08. The van der Waals surface area contributed by atoms with Crippen LogP contribution in [0.2, 0.25) is 0 Å². The van der Waals surface area contributed by atoms with Gasteiger partial charge in [0.05, 0.1) is 25.0 Å². The van der Waals surface area contributed by atoms with Crippen molar-refractivity contribution < 1.29 is 19.2 Å². The zero-order valence-electron chi connectivity index (χ0n) is 12.0. The zero-order valence-corrected chi connectivity index (χ0v) is 12.0.